The van der Waals surface area contributed by atoms with E-state index in [0.29, 0.717) is 19.3 Å². The second kappa shape index (κ2) is 67.0. The lowest BCUT2D eigenvalue weighted by atomic mass is 10.1. The highest BCUT2D eigenvalue weighted by atomic mass is 16.6. The molecular formula is C75H116O6. The third-order valence-corrected chi connectivity index (χ3v) is 12.9. The Labute approximate surface area is 497 Å². The summed E-state index contributed by atoms with van der Waals surface area (Å²) >= 11 is 0. The van der Waals surface area contributed by atoms with Gasteiger partial charge in [-0.25, -0.2) is 0 Å². The quantitative estimate of drug-likeness (QED) is 0.0261. The third-order valence-electron chi connectivity index (χ3n) is 12.9. The van der Waals surface area contributed by atoms with Crippen LogP contribution in [0.2, 0.25) is 0 Å². The molecule has 0 aromatic heterocycles. The molecule has 0 spiro atoms. The van der Waals surface area contributed by atoms with Gasteiger partial charge in [-0.15, -0.1) is 0 Å². The van der Waals surface area contributed by atoms with Crippen molar-refractivity contribution in [3.63, 3.8) is 0 Å². The van der Waals surface area contributed by atoms with Crippen molar-refractivity contribution < 1.29 is 28.6 Å². The molecule has 6 heteroatoms. The number of esters is 3. The normalized spacial score (nSPS) is 13.4. The van der Waals surface area contributed by atoms with Gasteiger partial charge in [0.05, 0.1) is 0 Å². The van der Waals surface area contributed by atoms with Crippen molar-refractivity contribution in [3.8, 4) is 0 Å². The van der Waals surface area contributed by atoms with Crippen molar-refractivity contribution in [2.75, 3.05) is 13.2 Å². The number of carbonyl (C=O) groups is 3. The first kappa shape index (κ1) is 75.5. The highest BCUT2D eigenvalue weighted by Crippen LogP contribution is 2.14. The molecule has 0 amide bonds. The Morgan fingerprint density at radius 1 is 0.247 bits per heavy atom. The van der Waals surface area contributed by atoms with Gasteiger partial charge in [0.2, 0.25) is 0 Å². The van der Waals surface area contributed by atoms with E-state index < -0.39 is 6.10 Å². The lowest BCUT2D eigenvalue weighted by molar-refractivity contribution is -0.167. The van der Waals surface area contributed by atoms with Gasteiger partial charge < -0.3 is 14.2 Å². The lowest BCUT2D eigenvalue weighted by Crippen LogP contribution is -2.30. The van der Waals surface area contributed by atoms with E-state index in [1.807, 2.05) is 0 Å². The summed E-state index contributed by atoms with van der Waals surface area (Å²) in [6.07, 6.45) is 100. The minimum absolute atomic E-state index is 0.119. The molecule has 81 heavy (non-hydrogen) atoms. The van der Waals surface area contributed by atoms with Crippen LogP contribution in [-0.4, -0.2) is 37.2 Å². The maximum Gasteiger partial charge on any atom is 0.306 e. The van der Waals surface area contributed by atoms with Crippen LogP contribution in [0.15, 0.2) is 182 Å². The smallest absolute Gasteiger partial charge is 0.306 e. The number of rotatable bonds is 56. The molecule has 0 aliphatic rings. The summed E-state index contributed by atoms with van der Waals surface area (Å²) in [5.41, 5.74) is 0. The minimum Gasteiger partial charge on any atom is -0.462 e. The average molecular weight is 1110 g/mol. The van der Waals surface area contributed by atoms with Gasteiger partial charge >= 0.3 is 17.9 Å². The second-order valence-electron chi connectivity index (χ2n) is 20.5. The Kier molecular flexibility index (Phi) is 62.5. The molecule has 0 aromatic rings. The summed E-state index contributed by atoms with van der Waals surface area (Å²) in [7, 11) is 0. The number of unbranched alkanes of at least 4 members (excludes halogenated alkanes) is 15. The molecule has 0 N–H and O–H groups in total. The molecule has 6 nitrogen and oxygen atoms in total. The largest absolute Gasteiger partial charge is 0.462 e. The predicted octanol–water partition coefficient (Wildman–Crippen LogP) is 22.4. The van der Waals surface area contributed by atoms with Crippen LogP contribution in [0.3, 0.4) is 0 Å². The van der Waals surface area contributed by atoms with E-state index in [-0.39, 0.29) is 37.5 Å². The van der Waals surface area contributed by atoms with Crippen LogP contribution in [0, 0.1) is 0 Å². The Balaban J connectivity index is 4.52. The average Bonchev–Trinajstić information content (AvgIpc) is 3.47. The molecule has 0 saturated heterocycles. The summed E-state index contributed by atoms with van der Waals surface area (Å²) in [5.74, 6) is -1.01. The Bertz CT molecular complexity index is 1900. The van der Waals surface area contributed by atoms with Gasteiger partial charge in [-0.2, -0.15) is 0 Å². The monoisotopic (exact) mass is 1110 g/mol. The molecule has 1 unspecified atom stereocenters. The Hall–Kier alpha value is -5.49. The molecule has 0 fully saturated rings. The van der Waals surface area contributed by atoms with Crippen molar-refractivity contribution in [2.24, 2.45) is 0 Å². The van der Waals surface area contributed by atoms with Crippen LogP contribution in [0.5, 0.6) is 0 Å². The topological polar surface area (TPSA) is 78.9 Å². The van der Waals surface area contributed by atoms with Gasteiger partial charge in [-0.1, -0.05) is 267 Å². The third kappa shape index (κ3) is 65.2. The number of allylic oxidation sites excluding steroid dienone is 30. The zero-order valence-electron chi connectivity index (χ0n) is 51.7. The lowest BCUT2D eigenvalue weighted by Gasteiger charge is -2.18. The van der Waals surface area contributed by atoms with Gasteiger partial charge in [-0.05, 0) is 148 Å². The molecule has 452 valence electrons. The number of ether oxygens (including phenoxy) is 3. The molecule has 1 atom stereocenters. The second-order valence-corrected chi connectivity index (χ2v) is 20.5. The fourth-order valence-electron chi connectivity index (χ4n) is 8.18. The summed E-state index contributed by atoms with van der Waals surface area (Å²) in [6, 6.07) is 0. The first-order valence-electron chi connectivity index (χ1n) is 32.3. The molecule has 0 heterocycles. The van der Waals surface area contributed by atoms with Gasteiger partial charge in [0.1, 0.15) is 13.2 Å². The van der Waals surface area contributed by atoms with E-state index in [0.717, 1.165) is 167 Å². The zero-order valence-corrected chi connectivity index (χ0v) is 51.7. The van der Waals surface area contributed by atoms with Crippen LogP contribution in [0.4, 0.5) is 0 Å². The van der Waals surface area contributed by atoms with Crippen molar-refractivity contribution in [3.05, 3.63) is 182 Å². The molecular weight excluding hydrogens is 997 g/mol. The molecule has 0 aliphatic carbocycles. The first-order chi connectivity index (χ1) is 40.0. The highest BCUT2D eigenvalue weighted by molar-refractivity contribution is 5.71. The molecule has 0 rings (SSSR count). The standard InChI is InChI=1S/C75H116O6/c1-4-7-10-13-16-19-22-25-28-30-32-34-36-37-39-40-42-44-47-50-53-56-59-62-65-68-74(77)80-71-72(70-79-73(76)67-64-61-58-55-52-49-46-27-24-21-18-15-12-9-6-3)81-75(78)69-66-63-60-57-54-51-48-45-43-41-38-35-33-31-29-26-23-20-17-14-11-8-5-2/h7-12,16-21,25-29,32-35,37,39,41,43,46,48,51,57,60,72H,4-6,13-15,22-24,30-31,36,38,40,42,44-45,47,49-50,52-56,58-59,61-71H2,1-3H3/b10-7-,11-8-,12-9-,19-16-,20-17-,21-18-,28-25-,29-26-,34-32-,35-33-,39-37-,43-41-,46-27-,51-48-,60-57-. The minimum atomic E-state index is -0.831. The molecule has 0 aliphatic heterocycles. The summed E-state index contributed by atoms with van der Waals surface area (Å²) in [4.78, 5) is 38.3. The fourth-order valence-corrected chi connectivity index (χ4v) is 8.18. The molecule has 0 radical (unpaired) electrons. The number of hydrogen-bond donors (Lipinski definition) is 0. The van der Waals surface area contributed by atoms with Crippen LogP contribution >= 0.6 is 0 Å². The van der Waals surface area contributed by atoms with E-state index in [1.54, 1.807) is 0 Å². The van der Waals surface area contributed by atoms with Gasteiger partial charge in [0.15, 0.2) is 6.10 Å². The molecule has 0 aromatic carbocycles. The number of hydrogen-bond acceptors (Lipinski definition) is 6. The SMILES string of the molecule is CC/C=C\C/C=C\C/C=C\C/C=C\C/C=C\C/C=C\C/C=C\CCCC(=O)OC(COC(=O)CCCCCCC/C=C\C/C=C\C/C=C\CC)COC(=O)CCCCCCCCCCC/C=C\C/C=C\C/C=C\C/C=C\C/C=C\CC. The van der Waals surface area contributed by atoms with Gasteiger partial charge in [0, 0.05) is 19.3 Å². The van der Waals surface area contributed by atoms with Gasteiger partial charge in [-0.3, -0.25) is 14.4 Å². The number of carbonyl (C=O) groups excluding carboxylic acids is 3. The summed E-state index contributed by atoms with van der Waals surface area (Å²) < 4.78 is 16.9. The Morgan fingerprint density at radius 2 is 0.457 bits per heavy atom. The summed E-state index contributed by atoms with van der Waals surface area (Å²) in [5, 5.41) is 0. The van der Waals surface area contributed by atoms with Crippen molar-refractivity contribution >= 4 is 17.9 Å². The van der Waals surface area contributed by atoms with E-state index in [9.17, 15) is 14.4 Å². The van der Waals surface area contributed by atoms with Crippen molar-refractivity contribution in [2.45, 2.75) is 258 Å². The van der Waals surface area contributed by atoms with E-state index in [4.69, 9.17) is 14.2 Å². The predicted molar refractivity (Wildman–Crippen MR) is 352 cm³/mol. The van der Waals surface area contributed by atoms with Crippen LogP contribution in [0.1, 0.15) is 252 Å². The van der Waals surface area contributed by atoms with E-state index >= 15 is 0 Å². The van der Waals surface area contributed by atoms with Crippen molar-refractivity contribution in [1.82, 2.24) is 0 Å². The first-order valence-corrected chi connectivity index (χ1v) is 32.3. The Morgan fingerprint density at radius 3 is 0.728 bits per heavy atom. The van der Waals surface area contributed by atoms with Crippen LogP contribution < -0.4 is 0 Å². The van der Waals surface area contributed by atoms with Crippen molar-refractivity contribution in [1.29, 1.82) is 0 Å². The van der Waals surface area contributed by atoms with E-state index in [1.165, 1.54) is 38.5 Å². The maximum atomic E-state index is 12.9. The van der Waals surface area contributed by atoms with E-state index in [2.05, 4.69) is 203 Å². The maximum absolute atomic E-state index is 12.9. The fraction of sp³-hybridized carbons (Fsp3) is 0.560. The summed E-state index contributed by atoms with van der Waals surface area (Å²) in [6.45, 7) is 6.23. The zero-order chi connectivity index (χ0) is 58.5. The molecule has 0 bridgehead atoms. The van der Waals surface area contributed by atoms with Crippen LogP contribution in [0.25, 0.3) is 0 Å². The highest BCUT2D eigenvalue weighted by Gasteiger charge is 2.19. The van der Waals surface area contributed by atoms with Gasteiger partial charge in [0.25, 0.3) is 0 Å². The molecule has 0 saturated carbocycles. The van der Waals surface area contributed by atoms with Crippen LogP contribution in [-0.2, 0) is 28.6 Å².